The molecule has 1 N–H and O–H groups in total. The van der Waals surface area contributed by atoms with Crippen molar-refractivity contribution < 1.29 is 9.69 Å². The highest BCUT2D eigenvalue weighted by atomic mass is 16.2. The molecule has 0 saturated carbocycles. The van der Waals surface area contributed by atoms with Crippen LogP contribution in [0.1, 0.15) is 46.0 Å². The molecule has 0 aromatic carbocycles. The number of aryl methyl sites for hydroxylation is 1. The number of hydrogen-bond donors (Lipinski definition) is 1. The Morgan fingerprint density at radius 2 is 1.78 bits per heavy atom. The van der Waals surface area contributed by atoms with Gasteiger partial charge in [-0.25, -0.2) is 9.78 Å². The lowest BCUT2D eigenvalue weighted by atomic mass is 9.92. The molecule has 0 spiro atoms. The molecule has 2 aromatic heterocycles. The number of piperidine rings is 1. The molecule has 0 radical (unpaired) electrons. The summed E-state index contributed by atoms with van der Waals surface area (Å²) in [5.74, 6) is 1.91. The highest BCUT2D eigenvalue weighted by Gasteiger charge is 2.30. The van der Waals surface area contributed by atoms with Crippen molar-refractivity contribution >= 4 is 16.9 Å². The van der Waals surface area contributed by atoms with Crippen molar-refractivity contribution in [2.75, 3.05) is 13.1 Å². The first-order chi connectivity index (χ1) is 12.6. The van der Waals surface area contributed by atoms with E-state index in [2.05, 4.69) is 18.8 Å². The van der Waals surface area contributed by atoms with E-state index in [4.69, 9.17) is 0 Å². The van der Waals surface area contributed by atoms with E-state index in [1.165, 1.54) is 29.9 Å². The summed E-state index contributed by atoms with van der Waals surface area (Å²) in [4.78, 5) is 43.3. The molecule has 8 heteroatoms. The molecular formula is C19H30N5O3+. The number of quaternary nitrogens is 1. The number of Topliss-reactive ketones (excluding diaryl/α,β-unsaturated/α-hetero) is 1. The predicted molar refractivity (Wildman–Crippen MR) is 103 cm³/mol. The number of likely N-dealkylation sites (tertiary alicyclic amines) is 1. The van der Waals surface area contributed by atoms with Crippen LogP contribution in [0.5, 0.6) is 0 Å². The number of fused-ring (bicyclic) bond motifs is 1. The molecule has 8 nitrogen and oxygen atoms in total. The van der Waals surface area contributed by atoms with Gasteiger partial charge >= 0.3 is 5.69 Å². The maximum absolute atomic E-state index is 12.8. The minimum Gasteiger partial charge on any atom is -0.328 e. The molecule has 1 aliphatic heterocycles. The number of ketones is 1. The predicted octanol–water partition coefficient (Wildman–Crippen LogP) is -0.355. The average molecular weight is 376 g/mol. The molecule has 148 valence electrons. The van der Waals surface area contributed by atoms with E-state index in [0.29, 0.717) is 35.4 Å². The fourth-order valence-electron chi connectivity index (χ4n) is 4.47. The van der Waals surface area contributed by atoms with E-state index in [-0.39, 0.29) is 5.78 Å². The van der Waals surface area contributed by atoms with Crippen molar-refractivity contribution in [2.45, 2.75) is 46.7 Å². The Labute approximate surface area is 158 Å². The highest BCUT2D eigenvalue weighted by Crippen LogP contribution is 2.19. The molecule has 3 rings (SSSR count). The second-order valence-corrected chi connectivity index (χ2v) is 8.34. The van der Waals surface area contributed by atoms with Gasteiger partial charge in [0.05, 0.1) is 19.1 Å². The van der Waals surface area contributed by atoms with E-state index in [1.54, 1.807) is 18.5 Å². The number of hydrogen-bond acceptors (Lipinski definition) is 4. The van der Waals surface area contributed by atoms with Crippen molar-refractivity contribution in [3.8, 4) is 0 Å². The van der Waals surface area contributed by atoms with E-state index >= 15 is 0 Å². The minimum absolute atomic E-state index is 0.0400. The van der Waals surface area contributed by atoms with E-state index in [0.717, 1.165) is 17.7 Å². The van der Waals surface area contributed by atoms with Crippen molar-refractivity contribution in [3.63, 3.8) is 0 Å². The second kappa shape index (κ2) is 7.07. The van der Waals surface area contributed by atoms with E-state index < -0.39 is 17.3 Å². The lowest BCUT2D eigenvalue weighted by Crippen LogP contribution is -3.13. The average Bonchev–Trinajstić information content (AvgIpc) is 2.95. The Bertz CT molecular complexity index is 989. The molecule has 27 heavy (non-hydrogen) atoms. The van der Waals surface area contributed by atoms with Gasteiger partial charge in [0, 0.05) is 25.9 Å². The third-order valence-electron chi connectivity index (χ3n) is 5.83. The Hall–Kier alpha value is -2.22. The van der Waals surface area contributed by atoms with Crippen LogP contribution in [0.3, 0.4) is 0 Å². The van der Waals surface area contributed by atoms with Gasteiger partial charge < -0.3 is 9.47 Å². The van der Waals surface area contributed by atoms with Crippen LogP contribution in [0.25, 0.3) is 11.2 Å². The first-order valence-corrected chi connectivity index (χ1v) is 9.62. The van der Waals surface area contributed by atoms with Crippen molar-refractivity contribution in [2.24, 2.45) is 25.9 Å². The lowest BCUT2D eigenvalue weighted by molar-refractivity contribution is -0.926. The minimum atomic E-state index is -0.505. The number of nitrogens with zero attached hydrogens (tertiary/aromatic N) is 4. The fourth-order valence-corrected chi connectivity index (χ4v) is 4.47. The maximum atomic E-state index is 12.8. The molecule has 0 bridgehead atoms. The Kier molecular flexibility index (Phi) is 5.12. The van der Waals surface area contributed by atoms with Crippen LogP contribution in [-0.4, -0.2) is 37.6 Å². The van der Waals surface area contributed by atoms with Crippen LogP contribution >= 0.6 is 0 Å². The van der Waals surface area contributed by atoms with E-state index in [9.17, 15) is 14.4 Å². The van der Waals surface area contributed by atoms with Crippen LogP contribution in [0, 0.1) is 11.8 Å². The van der Waals surface area contributed by atoms with Crippen molar-refractivity contribution in [1.29, 1.82) is 0 Å². The zero-order valence-electron chi connectivity index (χ0n) is 17.1. The van der Waals surface area contributed by atoms with Crippen molar-refractivity contribution in [1.82, 2.24) is 18.7 Å². The van der Waals surface area contributed by atoms with Gasteiger partial charge in [0.1, 0.15) is 6.54 Å². The summed E-state index contributed by atoms with van der Waals surface area (Å²) in [5, 5.41) is 0. The summed E-state index contributed by atoms with van der Waals surface area (Å²) < 4.78 is 4.21. The second-order valence-electron chi connectivity index (χ2n) is 8.34. The molecule has 1 fully saturated rings. The van der Waals surface area contributed by atoms with Gasteiger partial charge in [-0.15, -0.1) is 0 Å². The van der Waals surface area contributed by atoms with Crippen LogP contribution in [0.15, 0.2) is 9.59 Å². The van der Waals surface area contributed by atoms with Gasteiger partial charge in [-0.05, 0) is 20.3 Å². The molecule has 1 aliphatic rings. The zero-order chi connectivity index (χ0) is 20.0. The molecule has 2 aromatic rings. The monoisotopic (exact) mass is 376 g/mol. The van der Waals surface area contributed by atoms with Crippen LogP contribution in [-0.2, 0) is 25.4 Å². The lowest BCUT2D eigenvalue weighted by Gasteiger charge is -2.32. The number of carbonyl (C=O) groups excluding carboxylic acids is 1. The molecule has 1 saturated heterocycles. The first-order valence-electron chi connectivity index (χ1n) is 9.62. The Morgan fingerprint density at radius 3 is 2.33 bits per heavy atom. The van der Waals surface area contributed by atoms with Gasteiger partial charge in [0.25, 0.3) is 5.56 Å². The van der Waals surface area contributed by atoms with Crippen LogP contribution < -0.4 is 16.1 Å². The SMILES string of the molecule is CC(=O)[C@H](C)n1c(C[NH+]2C[C@@H](C)C[C@H](C)C2)nc2c1c(=O)n(C)c(=O)n2C. The molecule has 3 heterocycles. The Morgan fingerprint density at radius 1 is 1.19 bits per heavy atom. The third-order valence-corrected chi connectivity index (χ3v) is 5.83. The number of nitrogens with one attached hydrogen (secondary N) is 1. The fraction of sp³-hybridized carbons (Fsp3) is 0.684. The summed E-state index contributed by atoms with van der Waals surface area (Å²) in [6.07, 6.45) is 1.22. The summed E-state index contributed by atoms with van der Waals surface area (Å²) >= 11 is 0. The topological polar surface area (TPSA) is 83.3 Å². The number of rotatable bonds is 4. The van der Waals surface area contributed by atoms with Gasteiger partial charge in [-0.2, -0.15) is 0 Å². The number of carbonyl (C=O) groups is 1. The van der Waals surface area contributed by atoms with Crippen LogP contribution in [0.2, 0.25) is 0 Å². The van der Waals surface area contributed by atoms with Crippen LogP contribution in [0.4, 0.5) is 0 Å². The zero-order valence-corrected chi connectivity index (χ0v) is 17.1. The summed E-state index contributed by atoms with van der Waals surface area (Å²) in [6, 6.07) is -0.505. The largest absolute Gasteiger partial charge is 0.332 e. The highest BCUT2D eigenvalue weighted by molar-refractivity contribution is 5.82. The number of aromatic nitrogens is 4. The molecule has 0 unspecified atom stereocenters. The van der Waals surface area contributed by atoms with Crippen molar-refractivity contribution in [3.05, 3.63) is 26.7 Å². The standard InChI is InChI=1S/C19H29N5O3/c1-11-7-12(2)9-23(8-11)10-15-20-17-16(24(15)13(3)14(4)25)18(26)22(6)19(27)21(17)5/h11-13H,7-10H2,1-6H3/p+1/t11-,12-,13-/m0/s1. The maximum Gasteiger partial charge on any atom is 0.332 e. The van der Waals surface area contributed by atoms with E-state index in [1.807, 2.05) is 0 Å². The molecule has 3 atom stereocenters. The van der Waals surface area contributed by atoms with Gasteiger partial charge in [0.15, 0.2) is 22.8 Å². The third kappa shape index (κ3) is 3.38. The molecular weight excluding hydrogens is 346 g/mol. The molecule has 0 aliphatic carbocycles. The summed E-state index contributed by atoms with van der Waals surface area (Å²) in [5.41, 5.74) is -0.138. The smallest absolute Gasteiger partial charge is 0.328 e. The quantitative estimate of drug-likeness (QED) is 0.790. The normalized spacial score (nSPS) is 24.3. The van der Waals surface area contributed by atoms with Gasteiger partial charge in [0.2, 0.25) is 0 Å². The van der Waals surface area contributed by atoms with Gasteiger partial charge in [-0.3, -0.25) is 18.7 Å². The molecule has 0 amide bonds. The Balaban J connectivity index is 2.20. The first kappa shape index (κ1) is 19.5. The number of imidazole rings is 1. The van der Waals surface area contributed by atoms with Gasteiger partial charge in [-0.1, -0.05) is 13.8 Å². The summed E-state index contributed by atoms with van der Waals surface area (Å²) in [7, 11) is 3.07. The summed E-state index contributed by atoms with van der Waals surface area (Å²) in [6.45, 7) is 10.5.